The summed E-state index contributed by atoms with van der Waals surface area (Å²) in [5, 5.41) is 8.93. The van der Waals surface area contributed by atoms with Crippen LogP contribution in [0.1, 0.15) is 10.4 Å². The Morgan fingerprint density at radius 3 is 2.52 bits per heavy atom. The molecule has 2 rings (SSSR count). The molecule has 2 aromatic carbocycles. The second kappa shape index (κ2) is 8.05. The van der Waals surface area contributed by atoms with Crippen molar-refractivity contribution >= 4 is 34.6 Å². The van der Waals surface area contributed by atoms with Crippen molar-refractivity contribution in [3.63, 3.8) is 0 Å². The lowest BCUT2D eigenvalue weighted by Crippen LogP contribution is -2.26. The van der Waals surface area contributed by atoms with Gasteiger partial charge >= 0.3 is 0 Å². The monoisotopic (exact) mass is 329 g/mol. The molecule has 0 aromatic heterocycles. The topological polar surface area (TPSA) is 53.2 Å². The third-order valence-electron chi connectivity index (χ3n) is 2.93. The zero-order chi connectivity index (χ0) is 16.7. The molecular formula is C17H16FN3OS. The van der Waals surface area contributed by atoms with Crippen molar-refractivity contribution in [2.45, 2.75) is 0 Å². The number of carbonyl (C=O) groups excluding carboxylic acids is 1. The van der Waals surface area contributed by atoms with E-state index < -0.39 is 0 Å². The van der Waals surface area contributed by atoms with Gasteiger partial charge in [-0.25, -0.2) is 4.39 Å². The molecular weight excluding hydrogens is 313 g/mol. The van der Waals surface area contributed by atoms with Crippen LogP contribution in [-0.2, 0) is 0 Å². The van der Waals surface area contributed by atoms with Crippen LogP contribution in [0.15, 0.2) is 61.2 Å². The van der Waals surface area contributed by atoms with Crippen molar-refractivity contribution in [2.75, 3.05) is 17.2 Å². The molecule has 1 amide bonds. The average molecular weight is 329 g/mol. The van der Waals surface area contributed by atoms with Gasteiger partial charge in [0.1, 0.15) is 5.82 Å². The first-order valence-electron chi connectivity index (χ1n) is 6.92. The molecule has 23 heavy (non-hydrogen) atoms. The Morgan fingerprint density at radius 1 is 1.13 bits per heavy atom. The summed E-state index contributed by atoms with van der Waals surface area (Å²) in [5.74, 6) is -0.545. The number of rotatable bonds is 5. The highest BCUT2D eigenvalue weighted by atomic mass is 32.1. The molecule has 0 unspecified atom stereocenters. The largest absolute Gasteiger partial charge is 0.349 e. The lowest BCUT2D eigenvalue weighted by atomic mass is 10.1. The molecule has 0 aliphatic heterocycles. The van der Waals surface area contributed by atoms with Gasteiger partial charge in [0.25, 0.3) is 5.91 Å². The molecule has 0 fully saturated rings. The highest BCUT2D eigenvalue weighted by Crippen LogP contribution is 2.16. The molecule has 0 heterocycles. The highest BCUT2D eigenvalue weighted by molar-refractivity contribution is 7.80. The minimum Gasteiger partial charge on any atom is -0.349 e. The minimum atomic E-state index is -0.321. The number of carbonyl (C=O) groups is 1. The fourth-order valence-electron chi connectivity index (χ4n) is 1.87. The first kappa shape index (κ1) is 16.6. The Kier molecular flexibility index (Phi) is 5.82. The molecule has 0 aliphatic carbocycles. The van der Waals surface area contributed by atoms with Crippen molar-refractivity contribution in [3.8, 4) is 0 Å². The summed E-state index contributed by atoms with van der Waals surface area (Å²) in [6, 6.07) is 12.8. The van der Waals surface area contributed by atoms with Gasteiger partial charge in [-0.1, -0.05) is 18.2 Å². The average Bonchev–Trinajstić information content (AvgIpc) is 2.55. The van der Waals surface area contributed by atoms with E-state index in [9.17, 15) is 9.18 Å². The maximum atomic E-state index is 12.9. The van der Waals surface area contributed by atoms with Crippen LogP contribution in [0.5, 0.6) is 0 Å². The van der Waals surface area contributed by atoms with E-state index in [1.54, 1.807) is 42.5 Å². The summed E-state index contributed by atoms with van der Waals surface area (Å²) in [6.45, 7) is 3.94. The maximum absolute atomic E-state index is 12.9. The number of para-hydroxylation sites is 1. The second-order valence-corrected chi connectivity index (χ2v) is 5.04. The van der Waals surface area contributed by atoms with Crippen LogP contribution in [0.2, 0.25) is 0 Å². The van der Waals surface area contributed by atoms with Crippen LogP contribution >= 0.6 is 12.2 Å². The molecule has 0 bridgehead atoms. The number of nitrogens with one attached hydrogen (secondary N) is 3. The molecule has 4 nitrogen and oxygen atoms in total. The van der Waals surface area contributed by atoms with Crippen LogP contribution in [0.25, 0.3) is 0 Å². The van der Waals surface area contributed by atoms with Gasteiger partial charge in [0, 0.05) is 12.2 Å². The predicted molar refractivity (Wildman–Crippen MR) is 95.2 cm³/mol. The normalized spacial score (nSPS) is 9.78. The van der Waals surface area contributed by atoms with Crippen LogP contribution < -0.4 is 16.0 Å². The Hall–Kier alpha value is -2.73. The molecule has 3 N–H and O–H groups in total. The third-order valence-corrected chi connectivity index (χ3v) is 3.13. The van der Waals surface area contributed by atoms with E-state index >= 15 is 0 Å². The van der Waals surface area contributed by atoms with Crippen molar-refractivity contribution < 1.29 is 9.18 Å². The second-order valence-electron chi connectivity index (χ2n) is 4.63. The first-order valence-corrected chi connectivity index (χ1v) is 7.32. The van der Waals surface area contributed by atoms with E-state index in [1.165, 1.54) is 12.1 Å². The maximum Gasteiger partial charge on any atom is 0.253 e. The van der Waals surface area contributed by atoms with E-state index in [1.807, 2.05) is 0 Å². The summed E-state index contributed by atoms with van der Waals surface area (Å²) in [7, 11) is 0. The summed E-state index contributed by atoms with van der Waals surface area (Å²) in [6.07, 6.45) is 1.61. The SMILES string of the molecule is C=CCNC(=O)c1ccccc1NC(=S)Nc1ccc(F)cc1. The predicted octanol–water partition coefficient (Wildman–Crippen LogP) is 3.55. The molecule has 118 valence electrons. The molecule has 0 saturated heterocycles. The minimum absolute atomic E-state index is 0.224. The number of anilines is 2. The smallest absolute Gasteiger partial charge is 0.253 e. The van der Waals surface area contributed by atoms with Gasteiger partial charge in [-0.3, -0.25) is 4.79 Å². The quantitative estimate of drug-likeness (QED) is 0.580. The van der Waals surface area contributed by atoms with Crippen LogP contribution in [0, 0.1) is 5.82 Å². The van der Waals surface area contributed by atoms with Crippen LogP contribution in [-0.4, -0.2) is 17.6 Å². The lowest BCUT2D eigenvalue weighted by molar-refractivity contribution is 0.0959. The van der Waals surface area contributed by atoms with Gasteiger partial charge in [-0.2, -0.15) is 0 Å². The molecule has 0 saturated carbocycles. The highest BCUT2D eigenvalue weighted by Gasteiger charge is 2.11. The van der Waals surface area contributed by atoms with Crippen molar-refractivity contribution in [1.82, 2.24) is 5.32 Å². The fraction of sp³-hybridized carbons (Fsp3) is 0.0588. The fourth-order valence-corrected chi connectivity index (χ4v) is 2.10. The lowest BCUT2D eigenvalue weighted by Gasteiger charge is -2.13. The molecule has 0 radical (unpaired) electrons. The van der Waals surface area contributed by atoms with E-state index in [4.69, 9.17) is 12.2 Å². The molecule has 0 atom stereocenters. The molecule has 6 heteroatoms. The Morgan fingerprint density at radius 2 is 1.83 bits per heavy atom. The Labute approximate surface area is 139 Å². The first-order chi connectivity index (χ1) is 11.1. The summed E-state index contributed by atoms with van der Waals surface area (Å²) in [5.41, 5.74) is 1.70. The summed E-state index contributed by atoms with van der Waals surface area (Å²) >= 11 is 5.22. The van der Waals surface area contributed by atoms with Gasteiger partial charge in [-0.15, -0.1) is 6.58 Å². The van der Waals surface area contributed by atoms with Gasteiger partial charge < -0.3 is 16.0 Å². The van der Waals surface area contributed by atoms with Crippen molar-refractivity contribution in [2.24, 2.45) is 0 Å². The van der Waals surface area contributed by atoms with Gasteiger partial charge in [0.05, 0.1) is 11.3 Å². The van der Waals surface area contributed by atoms with Gasteiger partial charge in [0.2, 0.25) is 0 Å². The zero-order valence-electron chi connectivity index (χ0n) is 12.3. The van der Waals surface area contributed by atoms with Crippen molar-refractivity contribution in [3.05, 3.63) is 72.6 Å². The third kappa shape index (κ3) is 4.89. The van der Waals surface area contributed by atoms with E-state index in [2.05, 4.69) is 22.5 Å². The Bertz CT molecular complexity index is 716. The zero-order valence-corrected chi connectivity index (χ0v) is 13.1. The van der Waals surface area contributed by atoms with Gasteiger partial charge in [-0.05, 0) is 48.6 Å². The van der Waals surface area contributed by atoms with Crippen LogP contribution in [0.4, 0.5) is 15.8 Å². The number of amides is 1. The molecule has 0 spiro atoms. The standard InChI is InChI=1S/C17H16FN3OS/c1-2-11-19-16(22)14-5-3-4-6-15(14)21-17(23)20-13-9-7-12(18)8-10-13/h2-10H,1,11H2,(H,19,22)(H2,20,21,23). The Balaban J connectivity index is 2.07. The molecule has 2 aromatic rings. The van der Waals surface area contributed by atoms with E-state index in [0.717, 1.165) is 0 Å². The van der Waals surface area contributed by atoms with Crippen molar-refractivity contribution in [1.29, 1.82) is 0 Å². The van der Waals surface area contributed by atoms with Crippen LogP contribution in [0.3, 0.4) is 0 Å². The van der Waals surface area contributed by atoms with E-state index in [-0.39, 0.29) is 11.7 Å². The number of halogens is 1. The number of hydrogen-bond donors (Lipinski definition) is 3. The number of hydrogen-bond acceptors (Lipinski definition) is 2. The number of benzene rings is 2. The number of thiocarbonyl (C=S) groups is 1. The molecule has 0 aliphatic rings. The van der Waals surface area contributed by atoms with Gasteiger partial charge in [0.15, 0.2) is 5.11 Å². The summed E-state index contributed by atoms with van der Waals surface area (Å²) < 4.78 is 12.9. The summed E-state index contributed by atoms with van der Waals surface area (Å²) in [4.78, 5) is 12.1. The van der Waals surface area contributed by atoms with E-state index in [0.29, 0.717) is 28.6 Å².